The molecule has 29 heavy (non-hydrogen) atoms. The second-order valence-electron chi connectivity index (χ2n) is 6.47. The Labute approximate surface area is 177 Å². The van der Waals surface area contributed by atoms with Crippen molar-refractivity contribution in [1.82, 2.24) is 10.3 Å². The number of anilines is 1. The van der Waals surface area contributed by atoms with Crippen molar-refractivity contribution in [1.29, 1.82) is 0 Å². The van der Waals surface area contributed by atoms with E-state index in [1.807, 2.05) is 12.1 Å². The molecule has 0 saturated carbocycles. The number of rotatable bonds is 5. The van der Waals surface area contributed by atoms with Crippen LogP contribution in [0.15, 0.2) is 59.8 Å². The summed E-state index contributed by atoms with van der Waals surface area (Å²) < 4.78 is 0. The van der Waals surface area contributed by atoms with Crippen LogP contribution in [0.2, 0.25) is 10.0 Å². The summed E-state index contributed by atoms with van der Waals surface area (Å²) in [5.41, 5.74) is 3.32. The number of carbonyl (C=O) groups is 2. The highest BCUT2D eigenvalue weighted by atomic mass is 35.5. The first-order valence-electron chi connectivity index (χ1n) is 8.88. The van der Waals surface area contributed by atoms with E-state index in [-0.39, 0.29) is 11.8 Å². The lowest BCUT2D eigenvalue weighted by atomic mass is 10.0. The van der Waals surface area contributed by atoms with Gasteiger partial charge in [-0.25, -0.2) is 4.79 Å². The molecule has 0 aliphatic carbocycles. The molecule has 0 unspecified atom stereocenters. The minimum atomic E-state index is -0.338. The quantitative estimate of drug-likeness (QED) is 0.581. The molecule has 1 aliphatic rings. The fourth-order valence-corrected chi connectivity index (χ4v) is 3.66. The SMILES string of the molecule is O=C(c1ccc(Cc2c(Cl)cc(N3N=CCNC3=O)cc2Cl)cc1)c1ccc[nH]1. The van der Waals surface area contributed by atoms with Crippen LogP contribution in [0.25, 0.3) is 0 Å². The van der Waals surface area contributed by atoms with E-state index >= 15 is 0 Å². The molecule has 8 heteroatoms. The van der Waals surface area contributed by atoms with Gasteiger partial charge in [-0.3, -0.25) is 4.79 Å². The van der Waals surface area contributed by atoms with Crippen LogP contribution in [0.3, 0.4) is 0 Å². The van der Waals surface area contributed by atoms with Crippen molar-refractivity contribution in [3.8, 4) is 0 Å². The monoisotopic (exact) mass is 426 g/mol. The maximum Gasteiger partial charge on any atom is 0.342 e. The van der Waals surface area contributed by atoms with E-state index in [1.165, 1.54) is 5.01 Å². The number of nitrogens with zero attached hydrogens (tertiary/aromatic N) is 2. The molecule has 0 atom stereocenters. The third kappa shape index (κ3) is 4.04. The Bertz CT molecular complexity index is 1070. The number of amides is 2. The van der Waals surface area contributed by atoms with Crippen molar-refractivity contribution in [2.75, 3.05) is 11.6 Å². The van der Waals surface area contributed by atoms with Gasteiger partial charge in [0, 0.05) is 34.4 Å². The number of aromatic amines is 1. The van der Waals surface area contributed by atoms with Crippen molar-refractivity contribution in [2.45, 2.75) is 6.42 Å². The van der Waals surface area contributed by atoms with Gasteiger partial charge in [0.1, 0.15) is 0 Å². The zero-order valence-electron chi connectivity index (χ0n) is 15.2. The van der Waals surface area contributed by atoms with E-state index in [4.69, 9.17) is 23.2 Å². The Kier molecular flexibility index (Phi) is 5.38. The highest BCUT2D eigenvalue weighted by Gasteiger charge is 2.20. The van der Waals surface area contributed by atoms with Gasteiger partial charge >= 0.3 is 6.03 Å². The van der Waals surface area contributed by atoms with Crippen LogP contribution in [-0.4, -0.2) is 29.6 Å². The van der Waals surface area contributed by atoms with Crippen LogP contribution in [-0.2, 0) is 6.42 Å². The van der Waals surface area contributed by atoms with Crippen LogP contribution in [0, 0.1) is 0 Å². The van der Waals surface area contributed by atoms with Gasteiger partial charge in [0.05, 0.1) is 17.9 Å². The van der Waals surface area contributed by atoms with Crippen molar-refractivity contribution in [3.05, 3.63) is 87.2 Å². The third-order valence-electron chi connectivity index (χ3n) is 4.54. The van der Waals surface area contributed by atoms with Gasteiger partial charge in [0.15, 0.2) is 0 Å². The first-order chi connectivity index (χ1) is 14.0. The number of aromatic nitrogens is 1. The molecule has 0 spiro atoms. The number of benzene rings is 2. The van der Waals surface area contributed by atoms with Crippen molar-refractivity contribution >= 4 is 46.9 Å². The lowest BCUT2D eigenvalue weighted by Crippen LogP contribution is -2.41. The molecule has 4 rings (SSSR count). The van der Waals surface area contributed by atoms with Crippen LogP contribution in [0.5, 0.6) is 0 Å². The Hall–Kier alpha value is -3.09. The molecular formula is C21H16Cl2N4O2. The normalized spacial score (nSPS) is 13.4. The summed E-state index contributed by atoms with van der Waals surface area (Å²) in [6.45, 7) is 0.386. The Balaban J connectivity index is 1.55. The lowest BCUT2D eigenvalue weighted by Gasteiger charge is -2.22. The molecule has 2 aromatic carbocycles. The fourth-order valence-electron chi connectivity index (χ4n) is 3.05. The third-order valence-corrected chi connectivity index (χ3v) is 5.22. The van der Waals surface area contributed by atoms with E-state index < -0.39 is 0 Å². The number of hydrogen-bond donors (Lipinski definition) is 2. The molecule has 0 radical (unpaired) electrons. The van der Waals surface area contributed by atoms with Crippen LogP contribution in [0.4, 0.5) is 10.5 Å². The van der Waals surface area contributed by atoms with Gasteiger partial charge in [-0.2, -0.15) is 10.1 Å². The van der Waals surface area contributed by atoms with Crippen LogP contribution in [0.1, 0.15) is 27.2 Å². The van der Waals surface area contributed by atoms with Crippen molar-refractivity contribution in [3.63, 3.8) is 0 Å². The van der Waals surface area contributed by atoms with Gasteiger partial charge < -0.3 is 10.3 Å². The molecule has 146 valence electrons. The second kappa shape index (κ2) is 8.11. The van der Waals surface area contributed by atoms with Crippen molar-refractivity contribution in [2.24, 2.45) is 5.10 Å². The zero-order valence-corrected chi connectivity index (χ0v) is 16.7. The number of urea groups is 1. The fraction of sp³-hybridized carbons (Fsp3) is 0.0952. The molecule has 2 N–H and O–H groups in total. The molecular weight excluding hydrogens is 411 g/mol. The average molecular weight is 427 g/mol. The number of carbonyl (C=O) groups excluding carboxylic acids is 2. The van der Waals surface area contributed by atoms with Gasteiger partial charge in [-0.05, 0) is 35.4 Å². The molecule has 2 heterocycles. The molecule has 6 nitrogen and oxygen atoms in total. The molecule has 3 aromatic rings. The number of halogens is 2. The van der Waals surface area contributed by atoms with Crippen molar-refractivity contribution < 1.29 is 9.59 Å². The lowest BCUT2D eigenvalue weighted by molar-refractivity contribution is 0.103. The topological polar surface area (TPSA) is 77.6 Å². The largest absolute Gasteiger partial charge is 0.359 e. The number of nitrogens with one attached hydrogen (secondary N) is 2. The highest BCUT2D eigenvalue weighted by Crippen LogP contribution is 2.33. The number of hydrogen-bond acceptors (Lipinski definition) is 3. The molecule has 1 aliphatic heterocycles. The van der Waals surface area contributed by atoms with Gasteiger partial charge in [-0.15, -0.1) is 0 Å². The van der Waals surface area contributed by atoms with Gasteiger partial charge in [-0.1, -0.05) is 47.5 Å². The summed E-state index contributed by atoms with van der Waals surface area (Å²) in [6, 6.07) is 13.8. The van der Waals surface area contributed by atoms with Crippen LogP contribution < -0.4 is 10.3 Å². The maximum atomic E-state index is 12.4. The molecule has 0 saturated heterocycles. The van der Waals surface area contributed by atoms with E-state index in [9.17, 15) is 9.59 Å². The summed E-state index contributed by atoms with van der Waals surface area (Å²) >= 11 is 12.9. The standard InChI is InChI=1S/C21H16Cl2N4O2/c22-17-11-15(27-21(29)25-8-9-26-27)12-18(23)16(17)10-13-3-5-14(6-4-13)20(28)19-2-1-7-24-19/h1-7,9,11-12,24H,8,10H2,(H,25,29). The first-order valence-corrected chi connectivity index (χ1v) is 9.64. The highest BCUT2D eigenvalue weighted by molar-refractivity contribution is 6.36. The Morgan fingerprint density at radius 2 is 1.83 bits per heavy atom. The molecule has 0 bridgehead atoms. The average Bonchev–Trinajstić information content (AvgIpc) is 3.26. The second-order valence-corrected chi connectivity index (χ2v) is 7.28. The predicted octanol–water partition coefficient (Wildman–Crippen LogP) is 4.66. The van der Waals surface area contributed by atoms with E-state index in [1.54, 1.807) is 48.8 Å². The minimum Gasteiger partial charge on any atom is -0.359 e. The van der Waals surface area contributed by atoms with E-state index in [0.29, 0.717) is 40.0 Å². The first kappa shape index (κ1) is 19.2. The summed E-state index contributed by atoms with van der Waals surface area (Å²) in [4.78, 5) is 27.2. The van der Waals surface area contributed by atoms with Gasteiger partial charge in [0.25, 0.3) is 0 Å². The van der Waals surface area contributed by atoms with E-state index in [2.05, 4.69) is 15.4 Å². The zero-order chi connectivity index (χ0) is 20.4. The molecule has 2 amide bonds. The summed E-state index contributed by atoms with van der Waals surface area (Å²) in [7, 11) is 0. The van der Waals surface area contributed by atoms with Gasteiger partial charge in [0.2, 0.25) is 5.78 Å². The number of H-pyrrole nitrogens is 1. The minimum absolute atomic E-state index is 0.0673. The summed E-state index contributed by atoms with van der Waals surface area (Å²) in [6.07, 6.45) is 3.80. The predicted molar refractivity (Wildman–Crippen MR) is 114 cm³/mol. The summed E-state index contributed by atoms with van der Waals surface area (Å²) in [5.74, 6) is -0.0673. The van der Waals surface area contributed by atoms with Crippen LogP contribution >= 0.6 is 23.2 Å². The smallest absolute Gasteiger partial charge is 0.342 e. The molecule has 0 fully saturated rings. The Morgan fingerprint density at radius 1 is 1.10 bits per heavy atom. The number of hydrazone groups is 1. The number of ketones is 1. The maximum absolute atomic E-state index is 12.4. The summed E-state index contributed by atoms with van der Waals surface area (Å²) in [5, 5.41) is 8.83. The van der Waals surface area contributed by atoms with E-state index in [0.717, 1.165) is 11.1 Å². The molecule has 1 aromatic heterocycles. The Morgan fingerprint density at radius 3 is 2.45 bits per heavy atom.